The average Bonchev–Trinajstić information content (AvgIpc) is 2.17. The van der Waals surface area contributed by atoms with E-state index < -0.39 is 0 Å². The van der Waals surface area contributed by atoms with Crippen LogP contribution in [0.5, 0.6) is 0 Å². The number of rotatable bonds is 3. The zero-order valence-corrected chi connectivity index (χ0v) is 10.2. The predicted octanol–water partition coefficient (Wildman–Crippen LogP) is 1.62. The molecule has 0 aliphatic heterocycles. The molecule has 0 spiro atoms. The summed E-state index contributed by atoms with van der Waals surface area (Å²) in [5, 5.41) is 0. The molecule has 0 aromatic carbocycles. The van der Waals surface area contributed by atoms with E-state index in [0.29, 0.717) is 30.8 Å². The maximum absolute atomic E-state index is 11.8. The van der Waals surface area contributed by atoms with Gasteiger partial charge in [-0.2, -0.15) is 0 Å². The van der Waals surface area contributed by atoms with Crippen molar-refractivity contribution in [1.29, 1.82) is 0 Å². The van der Waals surface area contributed by atoms with Crippen molar-refractivity contribution >= 4 is 5.91 Å². The van der Waals surface area contributed by atoms with Crippen molar-refractivity contribution in [1.82, 2.24) is 4.90 Å². The minimum Gasteiger partial charge on any atom is -0.342 e. The quantitative estimate of drug-likeness (QED) is 0.772. The summed E-state index contributed by atoms with van der Waals surface area (Å²) in [6, 6.07) is 0.415. The van der Waals surface area contributed by atoms with E-state index in [-0.39, 0.29) is 5.91 Å². The van der Waals surface area contributed by atoms with Crippen LogP contribution in [-0.2, 0) is 4.79 Å². The molecule has 0 heterocycles. The van der Waals surface area contributed by atoms with Crippen molar-refractivity contribution in [2.75, 3.05) is 13.6 Å². The van der Waals surface area contributed by atoms with Gasteiger partial charge in [-0.15, -0.1) is 0 Å². The van der Waals surface area contributed by atoms with Crippen LogP contribution >= 0.6 is 0 Å². The van der Waals surface area contributed by atoms with Crippen molar-refractivity contribution in [2.45, 2.75) is 45.6 Å². The molecule has 1 unspecified atom stereocenters. The topological polar surface area (TPSA) is 46.3 Å². The van der Waals surface area contributed by atoms with Crippen LogP contribution < -0.4 is 5.73 Å². The third kappa shape index (κ3) is 2.94. The van der Waals surface area contributed by atoms with Gasteiger partial charge in [0.1, 0.15) is 0 Å². The second-order valence-electron chi connectivity index (χ2n) is 4.92. The molecule has 15 heavy (non-hydrogen) atoms. The molecule has 3 heteroatoms. The lowest BCUT2D eigenvalue weighted by Crippen LogP contribution is -2.47. The fourth-order valence-electron chi connectivity index (χ4n) is 2.89. The Morgan fingerprint density at radius 1 is 1.33 bits per heavy atom. The molecular formula is C12H24N2O. The highest BCUT2D eigenvalue weighted by Gasteiger charge is 2.32. The van der Waals surface area contributed by atoms with Crippen molar-refractivity contribution in [3.63, 3.8) is 0 Å². The molecule has 2 N–H and O–H groups in total. The molecule has 0 aromatic rings. The molecule has 3 atom stereocenters. The van der Waals surface area contributed by atoms with Crippen LogP contribution in [0.1, 0.15) is 39.5 Å². The number of nitrogens with zero attached hydrogens (tertiary/aromatic N) is 1. The maximum atomic E-state index is 11.8. The molecule has 1 fully saturated rings. The minimum absolute atomic E-state index is 0.197. The lowest BCUT2D eigenvalue weighted by atomic mass is 9.78. The number of nitrogens with two attached hydrogens (primary N) is 1. The molecule has 3 nitrogen and oxygen atoms in total. The van der Waals surface area contributed by atoms with E-state index in [1.807, 2.05) is 11.9 Å². The summed E-state index contributed by atoms with van der Waals surface area (Å²) in [5.74, 6) is 1.45. The van der Waals surface area contributed by atoms with Crippen molar-refractivity contribution in [3.8, 4) is 0 Å². The molecule has 0 aromatic heterocycles. The van der Waals surface area contributed by atoms with E-state index in [1.165, 1.54) is 19.3 Å². The first-order valence-electron chi connectivity index (χ1n) is 6.03. The van der Waals surface area contributed by atoms with Gasteiger partial charge in [0.15, 0.2) is 0 Å². The van der Waals surface area contributed by atoms with Crippen LogP contribution in [0.2, 0.25) is 0 Å². The Morgan fingerprint density at radius 3 is 2.33 bits per heavy atom. The van der Waals surface area contributed by atoms with Gasteiger partial charge in [-0.1, -0.05) is 20.3 Å². The zero-order valence-electron chi connectivity index (χ0n) is 10.2. The van der Waals surface area contributed by atoms with E-state index in [9.17, 15) is 4.79 Å². The number of amides is 1. The smallest absolute Gasteiger partial charge is 0.223 e. The van der Waals surface area contributed by atoms with Gasteiger partial charge in [0.25, 0.3) is 0 Å². The van der Waals surface area contributed by atoms with Crippen LogP contribution in [0.4, 0.5) is 0 Å². The fraction of sp³-hybridized carbons (Fsp3) is 0.917. The molecular weight excluding hydrogens is 188 g/mol. The Morgan fingerprint density at radius 2 is 1.87 bits per heavy atom. The Balaban J connectivity index is 2.62. The Bertz CT molecular complexity index is 208. The van der Waals surface area contributed by atoms with Gasteiger partial charge >= 0.3 is 0 Å². The molecule has 88 valence electrons. The summed E-state index contributed by atoms with van der Waals surface area (Å²) in [6.07, 6.45) is 4.27. The number of carbonyl (C=O) groups excluding carboxylic acids is 1. The van der Waals surface area contributed by atoms with E-state index in [2.05, 4.69) is 13.8 Å². The first kappa shape index (κ1) is 12.5. The lowest BCUT2D eigenvalue weighted by Gasteiger charge is -2.40. The minimum atomic E-state index is 0.197. The van der Waals surface area contributed by atoms with Gasteiger partial charge < -0.3 is 10.6 Å². The van der Waals surface area contributed by atoms with Gasteiger partial charge in [-0.3, -0.25) is 4.79 Å². The second-order valence-corrected chi connectivity index (χ2v) is 4.92. The normalized spacial score (nSPS) is 31.3. The third-order valence-electron chi connectivity index (χ3n) is 3.68. The Hall–Kier alpha value is -0.570. The summed E-state index contributed by atoms with van der Waals surface area (Å²) in [4.78, 5) is 13.7. The molecule has 1 rings (SSSR count). The number of hydrogen-bond donors (Lipinski definition) is 1. The van der Waals surface area contributed by atoms with Crippen LogP contribution in [0.25, 0.3) is 0 Å². The number of hydrogen-bond acceptors (Lipinski definition) is 2. The predicted molar refractivity (Wildman–Crippen MR) is 62.4 cm³/mol. The summed E-state index contributed by atoms with van der Waals surface area (Å²) in [5.41, 5.74) is 5.42. The van der Waals surface area contributed by atoms with E-state index in [1.54, 1.807) is 0 Å². The number of carbonyl (C=O) groups is 1. The SMILES string of the molecule is C[C@@H]1CCC[C@H](C)C1N(C)C(=O)CCN. The van der Waals surface area contributed by atoms with Gasteiger partial charge in [0.05, 0.1) is 0 Å². The molecule has 1 saturated carbocycles. The average molecular weight is 212 g/mol. The summed E-state index contributed by atoms with van der Waals surface area (Å²) < 4.78 is 0. The third-order valence-corrected chi connectivity index (χ3v) is 3.68. The molecule has 1 aliphatic carbocycles. The molecule has 0 bridgehead atoms. The highest BCUT2D eigenvalue weighted by Crippen LogP contribution is 2.32. The Labute approximate surface area is 93.0 Å². The largest absolute Gasteiger partial charge is 0.342 e. The highest BCUT2D eigenvalue weighted by atomic mass is 16.2. The van der Waals surface area contributed by atoms with Crippen LogP contribution in [0.3, 0.4) is 0 Å². The van der Waals surface area contributed by atoms with Crippen LogP contribution in [-0.4, -0.2) is 30.4 Å². The molecule has 1 amide bonds. The van der Waals surface area contributed by atoms with Gasteiger partial charge in [-0.05, 0) is 24.7 Å². The standard InChI is InChI=1S/C12H24N2O/c1-9-5-4-6-10(2)12(9)14(3)11(15)7-8-13/h9-10,12H,4-8,13H2,1-3H3/t9-,10+,12?. The summed E-state index contributed by atoms with van der Waals surface area (Å²) in [7, 11) is 1.93. The first-order valence-corrected chi connectivity index (χ1v) is 6.03. The van der Waals surface area contributed by atoms with Gasteiger partial charge in [0.2, 0.25) is 5.91 Å². The highest BCUT2D eigenvalue weighted by molar-refractivity contribution is 5.76. The van der Waals surface area contributed by atoms with E-state index in [4.69, 9.17) is 5.73 Å². The Kier molecular flexibility index (Phi) is 4.58. The summed E-state index contributed by atoms with van der Waals surface area (Å²) in [6.45, 7) is 4.97. The zero-order chi connectivity index (χ0) is 11.4. The summed E-state index contributed by atoms with van der Waals surface area (Å²) >= 11 is 0. The van der Waals surface area contributed by atoms with Crippen molar-refractivity contribution in [2.24, 2.45) is 17.6 Å². The molecule has 1 aliphatic rings. The van der Waals surface area contributed by atoms with Gasteiger partial charge in [-0.25, -0.2) is 0 Å². The van der Waals surface area contributed by atoms with Gasteiger partial charge in [0, 0.05) is 26.1 Å². The monoisotopic (exact) mass is 212 g/mol. The molecule has 0 saturated heterocycles. The van der Waals surface area contributed by atoms with E-state index >= 15 is 0 Å². The van der Waals surface area contributed by atoms with E-state index in [0.717, 1.165) is 0 Å². The first-order chi connectivity index (χ1) is 7.07. The maximum Gasteiger partial charge on any atom is 0.223 e. The van der Waals surface area contributed by atoms with Crippen molar-refractivity contribution in [3.05, 3.63) is 0 Å². The van der Waals surface area contributed by atoms with Crippen LogP contribution in [0.15, 0.2) is 0 Å². The van der Waals surface area contributed by atoms with Crippen molar-refractivity contribution < 1.29 is 4.79 Å². The lowest BCUT2D eigenvalue weighted by molar-refractivity contribution is -0.134. The second kappa shape index (κ2) is 5.50. The molecule has 0 radical (unpaired) electrons. The fourth-order valence-corrected chi connectivity index (χ4v) is 2.89. The van der Waals surface area contributed by atoms with Crippen LogP contribution in [0, 0.1) is 11.8 Å².